The van der Waals surface area contributed by atoms with E-state index in [-0.39, 0.29) is 0 Å². The minimum absolute atomic E-state index is 0.471. The van der Waals surface area contributed by atoms with E-state index in [2.05, 4.69) is 20.8 Å². The van der Waals surface area contributed by atoms with E-state index in [4.69, 9.17) is 11.6 Å². The van der Waals surface area contributed by atoms with Crippen LogP contribution in [0.3, 0.4) is 0 Å². The lowest BCUT2D eigenvalue weighted by Crippen LogP contribution is -2.24. The van der Waals surface area contributed by atoms with Crippen LogP contribution < -0.4 is 0 Å². The minimum Gasteiger partial charge on any atom is -0.123 e. The standard InChI is InChI=1S/C13H25Cl/c1-10(2)5-4-6-12-9-11(3)7-8-13(12)14/h10-13H,4-9H2,1-3H3. The molecule has 84 valence electrons. The maximum Gasteiger partial charge on any atom is 0.0364 e. The molecule has 1 fully saturated rings. The van der Waals surface area contributed by atoms with Crippen molar-refractivity contribution >= 4 is 11.6 Å². The van der Waals surface area contributed by atoms with Gasteiger partial charge in [-0.3, -0.25) is 0 Å². The van der Waals surface area contributed by atoms with Crippen molar-refractivity contribution in [1.29, 1.82) is 0 Å². The fourth-order valence-electron chi connectivity index (χ4n) is 2.55. The lowest BCUT2D eigenvalue weighted by molar-refractivity contribution is 0.267. The molecule has 0 saturated heterocycles. The third-order valence-electron chi connectivity index (χ3n) is 3.51. The van der Waals surface area contributed by atoms with Gasteiger partial charge in [0, 0.05) is 5.38 Å². The fraction of sp³-hybridized carbons (Fsp3) is 1.00. The summed E-state index contributed by atoms with van der Waals surface area (Å²) in [5.74, 6) is 2.57. The summed E-state index contributed by atoms with van der Waals surface area (Å²) in [5, 5.41) is 0.471. The quantitative estimate of drug-likeness (QED) is 0.589. The molecule has 1 heteroatoms. The molecule has 1 aliphatic carbocycles. The highest BCUT2D eigenvalue weighted by Crippen LogP contribution is 2.35. The van der Waals surface area contributed by atoms with Crippen LogP contribution in [-0.4, -0.2) is 5.38 Å². The smallest absolute Gasteiger partial charge is 0.0364 e. The van der Waals surface area contributed by atoms with Crippen LogP contribution in [-0.2, 0) is 0 Å². The molecule has 1 rings (SSSR count). The Morgan fingerprint density at radius 1 is 1.29 bits per heavy atom. The number of alkyl halides is 1. The monoisotopic (exact) mass is 216 g/mol. The summed E-state index contributed by atoms with van der Waals surface area (Å²) >= 11 is 6.36. The van der Waals surface area contributed by atoms with Crippen molar-refractivity contribution in [3.63, 3.8) is 0 Å². The predicted molar refractivity (Wildman–Crippen MR) is 64.8 cm³/mol. The van der Waals surface area contributed by atoms with Gasteiger partial charge in [-0.1, -0.05) is 33.6 Å². The second kappa shape index (κ2) is 6.00. The molecule has 0 nitrogen and oxygen atoms in total. The SMILES string of the molecule is CC(C)CCCC1CC(C)CCC1Cl. The average Bonchev–Trinajstić information content (AvgIpc) is 2.10. The third kappa shape index (κ3) is 4.21. The molecule has 3 unspecified atom stereocenters. The molecule has 0 N–H and O–H groups in total. The van der Waals surface area contributed by atoms with Crippen molar-refractivity contribution in [3.8, 4) is 0 Å². The summed E-state index contributed by atoms with van der Waals surface area (Å²) in [6, 6.07) is 0. The number of hydrogen-bond donors (Lipinski definition) is 0. The Labute approximate surface area is 94.4 Å². The van der Waals surface area contributed by atoms with Crippen molar-refractivity contribution in [2.75, 3.05) is 0 Å². The van der Waals surface area contributed by atoms with Gasteiger partial charge in [0.25, 0.3) is 0 Å². The Morgan fingerprint density at radius 2 is 2.00 bits per heavy atom. The lowest BCUT2D eigenvalue weighted by Gasteiger charge is -2.31. The molecule has 0 aromatic rings. The normalized spacial score (nSPS) is 33.6. The Hall–Kier alpha value is 0.290. The minimum atomic E-state index is 0.471. The molecule has 0 spiro atoms. The average molecular weight is 217 g/mol. The first kappa shape index (κ1) is 12.4. The molecule has 0 aromatic carbocycles. The molecule has 1 aliphatic rings. The van der Waals surface area contributed by atoms with Crippen LogP contribution in [0.15, 0.2) is 0 Å². The van der Waals surface area contributed by atoms with Crippen LogP contribution in [0.25, 0.3) is 0 Å². The van der Waals surface area contributed by atoms with Gasteiger partial charge in [0.05, 0.1) is 0 Å². The zero-order chi connectivity index (χ0) is 10.6. The number of halogens is 1. The van der Waals surface area contributed by atoms with Gasteiger partial charge in [-0.2, -0.15) is 0 Å². The summed E-state index contributed by atoms with van der Waals surface area (Å²) < 4.78 is 0. The summed E-state index contributed by atoms with van der Waals surface area (Å²) in [5.41, 5.74) is 0. The van der Waals surface area contributed by atoms with E-state index in [1.165, 1.54) is 38.5 Å². The van der Waals surface area contributed by atoms with E-state index in [1.807, 2.05) is 0 Å². The Bertz CT molecular complexity index is 153. The largest absolute Gasteiger partial charge is 0.123 e. The second-order valence-electron chi connectivity index (χ2n) is 5.52. The Morgan fingerprint density at radius 3 is 2.64 bits per heavy atom. The molecule has 0 radical (unpaired) electrons. The molecular weight excluding hydrogens is 192 g/mol. The van der Waals surface area contributed by atoms with E-state index in [9.17, 15) is 0 Å². The molecule has 0 amide bonds. The molecule has 3 atom stereocenters. The highest BCUT2D eigenvalue weighted by molar-refractivity contribution is 6.20. The molecular formula is C13H25Cl. The van der Waals surface area contributed by atoms with Gasteiger partial charge in [0.2, 0.25) is 0 Å². The van der Waals surface area contributed by atoms with Crippen molar-refractivity contribution in [2.45, 2.75) is 64.7 Å². The van der Waals surface area contributed by atoms with E-state index in [1.54, 1.807) is 0 Å². The third-order valence-corrected chi connectivity index (χ3v) is 4.08. The summed E-state index contributed by atoms with van der Waals surface area (Å²) in [4.78, 5) is 0. The number of rotatable bonds is 4. The van der Waals surface area contributed by atoms with Gasteiger partial charge in [-0.25, -0.2) is 0 Å². The van der Waals surface area contributed by atoms with Gasteiger partial charge < -0.3 is 0 Å². The summed E-state index contributed by atoms with van der Waals surface area (Å²) in [6.07, 6.45) is 8.06. The highest BCUT2D eigenvalue weighted by atomic mass is 35.5. The van der Waals surface area contributed by atoms with Gasteiger partial charge in [-0.15, -0.1) is 11.6 Å². The van der Waals surface area contributed by atoms with E-state index >= 15 is 0 Å². The summed E-state index contributed by atoms with van der Waals surface area (Å²) in [7, 11) is 0. The molecule has 0 aromatic heterocycles. The maximum atomic E-state index is 6.36. The Balaban J connectivity index is 2.20. The van der Waals surface area contributed by atoms with Gasteiger partial charge in [0.15, 0.2) is 0 Å². The van der Waals surface area contributed by atoms with Crippen LogP contribution >= 0.6 is 11.6 Å². The predicted octanol–water partition coefficient (Wildman–Crippen LogP) is 4.86. The van der Waals surface area contributed by atoms with Crippen LogP contribution in [0, 0.1) is 17.8 Å². The molecule has 1 saturated carbocycles. The van der Waals surface area contributed by atoms with Gasteiger partial charge in [-0.05, 0) is 43.4 Å². The van der Waals surface area contributed by atoms with E-state index < -0.39 is 0 Å². The zero-order valence-electron chi connectivity index (χ0n) is 9.93. The van der Waals surface area contributed by atoms with Crippen molar-refractivity contribution in [2.24, 2.45) is 17.8 Å². The summed E-state index contributed by atoms with van der Waals surface area (Å²) in [6.45, 7) is 6.99. The fourth-order valence-corrected chi connectivity index (χ4v) is 2.90. The first-order valence-corrected chi connectivity index (χ1v) is 6.67. The van der Waals surface area contributed by atoms with Gasteiger partial charge in [0.1, 0.15) is 0 Å². The second-order valence-corrected chi connectivity index (χ2v) is 6.08. The number of hydrogen-bond acceptors (Lipinski definition) is 0. The van der Waals surface area contributed by atoms with Crippen LogP contribution in [0.1, 0.15) is 59.3 Å². The lowest BCUT2D eigenvalue weighted by atomic mass is 9.79. The van der Waals surface area contributed by atoms with Crippen molar-refractivity contribution in [3.05, 3.63) is 0 Å². The van der Waals surface area contributed by atoms with E-state index in [0.29, 0.717) is 5.38 Å². The van der Waals surface area contributed by atoms with E-state index in [0.717, 1.165) is 17.8 Å². The first-order valence-electron chi connectivity index (χ1n) is 6.23. The Kier molecular flexibility index (Phi) is 5.30. The van der Waals surface area contributed by atoms with Crippen molar-refractivity contribution < 1.29 is 0 Å². The molecule has 0 aliphatic heterocycles. The van der Waals surface area contributed by atoms with Crippen LogP contribution in [0.4, 0.5) is 0 Å². The zero-order valence-corrected chi connectivity index (χ0v) is 10.7. The van der Waals surface area contributed by atoms with Crippen molar-refractivity contribution in [1.82, 2.24) is 0 Å². The topological polar surface area (TPSA) is 0 Å². The van der Waals surface area contributed by atoms with Gasteiger partial charge >= 0.3 is 0 Å². The maximum absolute atomic E-state index is 6.36. The highest BCUT2D eigenvalue weighted by Gasteiger charge is 2.26. The molecule has 0 bridgehead atoms. The first-order chi connectivity index (χ1) is 6.59. The molecule has 14 heavy (non-hydrogen) atoms. The van der Waals surface area contributed by atoms with Crippen LogP contribution in [0.5, 0.6) is 0 Å². The van der Waals surface area contributed by atoms with Crippen LogP contribution in [0.2, 0.25) is 0 Å². The molecule has 0 heterocycles.